The van der Waals surface area contributed by atoms with Crippen molar-refractivity contribution in [3.05, 3.63) is 76.1 Å². The van der Waals surface area contributed by atoms with Crippen LogP contribution < -0.4 is 10.3 Å². The lowest BCUT2D eigenvalue weighted by atomic mass is 10.1. The molecule has 30 heavy (non-hydrogen) atoms. The standard InChI is InChI=1S/C22H23NO6S/c1-14(2)21(23-30(26,27)17-7-5-4-6-8-17)22(25)28-13-16-12-20(24)29-19-11-15(3)9-10-18(16)19/h4-12,14,21,23H,13H2,1-3H3. The Morgan fingerprint density at radius 2 is 1.80 bits per heavy atom. The lowest BCUT2D eigenvalue weighted by molar-refractivity contribution is -0.148. The molecular weight excluding hydrogens is 406 g/mol. The van der Waals surface area contributed by atoms with E-state index in [0.717, 1.165) is 5.56 Å². The maximum absolute atomic E-state index is 12.7. The number of esters is 1. The summed E-state index contributed by atoms with van der Waals surface area (Å²) in [6.45, 7) is 5.13. The van der Waals surface area contributed by atoms with E-state index in [1.54, 1.807) is 44.2 Å². The molecule has 1 unspecified atom stereocenters. The molecule has 1 atom stereocenters. The quantitative estimate of drug-likeness (QED) is 0.457. The molecule has 3 rings (SSSR count). The first kappa shape index (κ1) is 21.7. The lowest BCUT2D eigenvalue weighted by Crippen LogP contribution is -2.45. The highest BCUT2D eigenvalue weighted by atomic mass is 32.2. The van der Waals surface area contributed by atoms with E-state index in [2.05, 4.69) is 4.72 Å². The van der Waals surface area contributed by atoms with Crippen LogP contribution in [-0.4, -0.2) is 20.4 Å². The van der Waals surface area contributed by atoms with Gasteiger partial charge in [0.1, 0.15) is 18.2 Å². The zero-order chi connectivity index (χ0) is 21.9. The molecule has 0 fully saturated rings. The molecule has 3 aromatic rings. The van der Waals surface area contributed by atoms with Crippen LogP contribution in [0.25, 0.3) is 11.0 Å². The molecule has 0 bridgehead atoms. The van der Waals surface area contributed by atoms with Gasteiger partial charge in [-0.2, -0.15) is 4.72 Å². The van der Waals surface area contributed by atoms with E-state index in [4.69, 9.17) is 9.15 Å². The van der Waals surface area contributed by atoms with Crippen molar-refractivity contribution in [3.8, 4) is 0 Å². The van der Waals surface area contributed by atoms with Crippen molar-refractivity contribution in [2.45, 2.75) is 38.3 Å². The number of ether oxygens (including phenoxy) is 1. The first-order valence-corrected chi connectivity index (χ1v) is 10.9. The van der Waals surface area contributed by atoms with Gasteiger partial charge >= 0.3 is 11.6 Å². The predicted octanol–water partition coefficient (Wildman–Crippen LogP) is 3.15. The Hall–Kier alpha value is -2.97. The third-order valence-corrected chi connectivity index (χ3v) is 6.07. The van der Waals surface area contributed by atoms with Crippen molar-refractivity contribution in [1.82, 2.24) is 4.72 Å². The minimum Gasteiger partial charge on any atom is -0.460 e. The van der Waals surface area contributed by atoms with Gasteiger partial charge in [-0.25, -0.2) is 13.2 Å². The Labute approximate surface area is 174 Å². The molecular formula is C22H23NO6S. The van der Waals surface area contributed by atoms with Gasteiger partial charge in [-0.05, 0) is 36.6 Å². The number of fused-ring (bicyclic) bond motifs is 1. The van der Waals surface area contributed by atoms with Gasteiger partial charge in [0.2, 0.25) is 10.0 Å². The Morgan fingerprint density at radius 1 is 1.10 bits per heavy atom. The van der Waals surface area contributed by atoms with Crippen LogP contribution in [0.2, 0.25) is 0 Å². The first-order chi connectivity index (χ1) is 14.2. The van der Waals surface area contributed by atoms with Crippen molar-refractivity contribution in [1.29, 1.82) is 0 Å². The Bertz CT molecular complexity index is 1220. The maximum Gasteiger partial charge on any atom is 0.336 e. The molecule has 1 aromatic heterocycles. The van der Waals surface area contributed by atoms with Crippen molar-refractivity contribution < 1.29 is 22.4 Å². The fraction of sp³-hybridized carbons (Fsp3) is 0.273. The SMILES string of the molecule is Cc1ccc2c(COC(=O)C(NS(=O)(=O)c3ccccc3)C(C)C)cc(=O)oc2c1. The molecule has 7 nitrogen and oxygen atoms in total. The van der Waals surface area contributed by atoms with Gasteiger partial charge in [0, 0.05) is 17.0 Å². The van der Waals surface area contributed by atoms with Crippen molar-refractivity contribution in [3.63, 3.8) is 0 Å². The summed E-state index contributed by atoms with van der Waals surface area (Å²) >= 11 is 0. The van der Waals surface area contributed by atoms with Crippen LogP contribution in [0.5, 0.6) is 0 Å². The number of nitrogens with one attached hydrogen (secondary N) is 1. The number of carbonyl (C=O) groups is 1. The highest BCUT2D eigenvalue weighted by molar-refractivity contribution is 7.89. The average Bonchev–Trinajstić information content (AvgIpc) is 2.70. The van der Waals surface area contributed by atoms with E-state index in [9.17, 15) is 18.0 Å². The number of benzene rings is 2. The number of rotatable bonds is 7. The number of carbonyl (C=O) groups excluding carboxylic acids is 1. The molecule has 8 heteroatoms. The van der Waals surface area contributed by atoms with Gasteiger partial charge in [-0.15, -0.1) is 0 Å². The van der Waals surface area contributed by atoms with Crippen LogP contribution in [0.15, 0.2) is 68.7 Å². The van der Waals surface area contributed by atoms with Crippen LogP contribution in [0.4, 0.5) is 0 Å². The minimum absolute atomic E-state index is 0.0606. The normalized spacial score (nSPS) is 12.8. The molecule has 2 aromatic carbocycles. The van der Waals surface area contributed by atoms with E-state index in [1.165, 1.54) is 18.2 Å². The van der Waals surface area contributed by atoms with Crippen molar-refractivity contribution in [2.24, 2.45) is 5.92 Å². The van der Waals surface area contributed by atoms with Gasteiger partial charge in [-0.3, -0.25) is 4.79 Å². The molecule has 0 amide bonds. The number of hydrogen-bond donors (Lipinski definition) is 1. The average molecular weight is 429 g/mol. The number of aryl methyl sites for hydroxylation is 1. The monoisotopic (exact) mass is 429 g/mol. The molecule has 0 aliphatic rings. The van der Waals surface area contributed by atoms with E-state index in [0.29, 0.717) is 16.5 Å². The van der Waals surface area contributed by atoms with E-state index < -0.39 is 27.7 Å². The fourth-order valence-corrected chi connectivity index (χ4v) is 4.34. The summed E-state index contributed by atoms with van der Waals surface area (Å²) in [6.07, 6.45) is 0. The highest BCUT2D eigenvalue weighted by Crippen LogP contribution is 2.20. The smallest absolute Gasteiger partial charge is 0.336 e. The minimum atomic E-state index is -3.89. The summed E-state index contributed by atoms with van der Waals surface area (Å²) in [7, 11) is -3.89. The van der Waals surface area contributed by atoms with Gasteiger partial charge in [0.15, 0.2) is 0 Å². The van der Waals surface area contributed by atoms with Gasteiger partial charge < -0.3 is 9.15 Å². The molecule has 0 spiro atoms. The largest absolute Gasteiger partial charge is 0.460 e. The first-order valence-electron chi connectivity index (χ1n) is 9.45. The predicted molar refractivity (Wildman–Crippen MR) is 112 cm³/mol. The van der Waals surface area contributed by atoms with Crippen LogP contribution in [-0.2, 0) is 26.2 Å². The van der Waals surface area contributed by atoms with Gasteiger partial charge in [0.25, 0.3) is 0 Å². The summed E-state index contributed by atoms with van der Waals surface area (Å²) < 4.78 is 38.2. The third kappa shape index (κ3) is 4.95. The van der Waals surface area contributed by atoms with Crippen LogP contribution in [0, 0.1) is 12.8 Å². The Kier molecular flexibility index (Phi) is 6.38. The van der Waals surface area contributed by atoms with E-state index >= 15 is 0 Å². The summed E-state index contributed by atoms with van der Waals surface area (Å²) in [6, 6.07) is 13.4. The van der Waals surface area contributed by atoms with Gasteiger partial charge in [-0.1, -0.05) is 44.2 Å². The molecule has 1 heterocycles. The molecule has 158 valence electrons. The molecule has 0 aliphatic heterocycles. The summed E-state index contributed by atoms with van der Waals surface area (Å²) in [5.74, 6) is -1.07. The summed E-state index contributed by atoms with van der Waals surface area (Å²) in [4.78, 5) is 24.6. The van der Waals surface area contributed by atoms with Crippen LogP contribution in [0.1, 0.15) is 25.0 Å². The van der Waals surface area contributed by atoms with Gasteiger partial charge in [0.05, 0.1) is 4.90 Å². The Morgan fingerprint density at radius 3 is 2.47 bits per heavy atom. The summed E-state index contributed by atoms with van der Waals surface area (Å²) in [5, 5.41) is 0.652. The highest BCUT2D eigenvalue weighted by Gasteiger charge is 2.29. The lowest BCUT2D eigenvalue weighted by Gasteiger charge is -2.21. The zero-order valence-corrected chi connectivity index (χ0v) is 17.7. The van der Waals surface area contributed by atoms with Crippen LogP contribution in [0.3, 0.4) is 0 Å². The second-order valence-corrected chi connectivity index (χ2v) is 9.07. The maximum atomic E-state index is 12.7. The zero-order valence-electron chi connectivity index (χ0n) is 16.9. The topological polar surface area (TPSA) is 103 Å². The molecule has 0 radical (unpaired) electrons. The second-order valence-electron chi connectivity index (χ2n) is 7.35. The summed E-state index contributed by atoms with van der Waals surface area (Å²) in [5.41, 5.74) is 1.26. The van der Waals surface area contributed by atoms with Crippen molar-refractivity contribution >= 4 is 27.0 Å². The number of sulfonamides is 1. The molecule has 0 saturated carbocycles. The fourth-order valence-electron chi connectivity index (χ4n) is 2.99. The molecule has 0 saturated heterocycles. The van der Waals surface area contributed by atoms with E-state index in [1.807, 2.05) is 13.0 Å². The Balaban J connectivity index is 1.80. The molecule has 0 aliphatic carbocycles. The molecule has 1 N–H and O–H groups in total. The van der Waals surface area contributed by atoms with E-state index in [-0.39, 0.29) is 17.4 Å². The van der Waals surface area contributed by atoms with Crippen molar-refractivity contribution in [2.75, 3.05) is 0 Å². The third-order valence-electron chi connectivity index (χ3n) is 4.61. The van der Waals surface area contributed by atoms with Crippen LogP contribution >= 0.6 is 0 Å². The number of hydrogen-bond acceptors (Lipinski definition) is 6. The second kappa shape index (κ2) is 8.81.